The Labute approximate surface area is 109 Å². The van der Waals surface area contributed by atoms with E-state index in [1.807, 2.05) is 18.7 Å². The largest absolute Gasteiger partial charge is 0.357 e. The molecule has 1 aliphatic rings. The van der Waals surface area contributed by atoms with Crippen LogP contribution in [-0.2, 0) is 12.9 Å². The normalized spacial score (nSPS) is 17.9. The maximum absolute atomic E-state index is 6.06. The molecule has 2 heterocycles. The lowest BCUT2D eigenvalue weighted by Gasteiger charge is -2.27. The molecule has 1 aliphatic heterocycles. The second kappa shape index (κ2) is 5.76. The molecule has 0 aromatic carbocycles. The lowest BCUT2D eigenvalue weighted by molar-refractivity contribution is 0.545. The number of hydrogen-bond acceptors (Lipinski definition) is 2. The molecule has 1 aromatic heterocycles. The number of anilines is 1. The van der Waals surface area contributed by atoms with Crippen molar-refractivity contribution >= 4 is 17.4 Å². The third kappa shape index (κ3) is 2.76. The number of hydrogen-bond donors (Lipinski definition) is 0. The molecule has 0 radical (unpaired) electrons. The van der Waals surface area contributed by atoms with E-state index in [1.54, 1.807) is 0 Å². The van der Waals surface area contributed by atoms with Gasteiger partial charge in [-0.1, -0.05) is 19.3 Å². The highest BCUT2D eigenvalue weighted by Crippen LogP contribution is 2.26. The fourth-order valence-electron chi connectivity index (χ4n) is 2.70. The molecule has 0 bridgehead atoms. The van der Waals surface area contributed by atoms with Crippen molar-refractivity contribution in [1.82, 2.24) is 9.78 Å². The summed E-state index contributed by atoms with van der Waals surface area (Å²) in [6.45, 7) is 4.33. The van der Waals surface area contributed by atoms with Crippen molar-refractivity contribution in [3.63, 3.8) is 0 Å². The predicted molar refractivity (Wildman–Crippen MR) is 72.8 cm³/mol. The molecule has 0 aliphatic carbocycles. The first-order chi connectivity index (χ1) is 8.24. The van der Waals surface area contributed by atoms with Crippen molar-refractivity contribution in [3.05, 3.63) is 11.3 Å². The molecule has 0 amide bonds. The van der Waals surface area contributed by atoms with Gasteiger partial charge in [-0.05, 0) is 19.8 Å². The highest BCUT2D eigenvalue weighted by Gasteiger charge is 2.19. The van der Waals surface area contributed by atoms with Crippen molar-refractivity contribution in [1.29, 1.82) is 0 Å². The fourth-order valence-corrected chi connectivity index (χ4v) is 3.01. The molecule has 96 valence electrons. The highest BCUT2D eigenvalue weighted by molar-refractivity contribution is 6.17. The molecule has 0 saturated carbocycles. The molecular weight excluding hydrogens is 234 g/mol. The lowest BCUT2D eigenvalue weighted by Crippen LogP contribution is -2.29. The summed E-state index contributed by atoms with van der Waals surface area (Å²) in [5.41, 5.74) is 2.27. The zero-order valence-electron chi connectivity index (χ0n) is 10.9. The van der Waals surface area contributed by atoms with Crippen LogP contribution in [0.3, 0.4) is 0 Å². The summed E-state index contributed by atoms with van der Waals surface area (Å²) in [5.74, 6) is 1.80. The van der Waals surface area contributed by atoms with Crippen molar-refractivity contribution in [3.8, 4) is 0 Å². The molecule has 17 heavy (non-hydrogen) atoms. The number of alkyl halides is 1. The van der Waals surface area contributed by atoms with Gasteiger partial charge in [0.05, 0.1) is 11.6 Å². The first-order valence-electron chi connectivity index (χ1n) is 6.57. The first-order valence-corrected chi connectivity index (χ1v) is 7.11. The Morgan fingerprint density at radius 3 is 2.29 bits per heavy atom. The average Bonchev–Trinajstić information content (AvgIpc) is 2.53. The minimum atomic E-state index is 0.561. The molecule has 0 spiro atoms. The van der Waals surface area contributed by atoms with Crippen LogP contribution in [-0.4, -0.2) is 22.9 Å². The van der Waals surface area contributed by atoms with E-state index in [2.05, 4.69) is 10.00 Å². The van der Waals surface area contributed by atoms with E-state index >= 15 is 0 Å². The van der Waals surface area contributed by atoms with Crippen LogP contribution in [0.1, 0.15) is 43.4 Å². The molecule has 3 nitrogen and oxygen atoms in total. The van der Waals surface area contributed by atoms with Gasteiger partial charge in [-0.15, -0.1) is 11.6 Å². The topological polar surface area (TPSA) is 21.1 Å². The van der Waals surface area contributed by atoms with Crippen molar-refractivity contribution in [2.45, 2.75) is 44.9 Å². The quantitative estimate of drug-likeness (QED) is 0.757. The second-order valence-electron chi connectivity index (χ2n) is 4.90. The maximum Gasteiger partial charge on any atom is 0.131 e. The molecular formula is C13H22ClN3. The third-order valence-electron chi connectivity index (χ3n) is 3.60. The molecule has 1 aromatic rings. The van der Waals surface area contributed by atoms with Gasteiger partial charge in [0.25, 0.3) is 0 Å². The Bertz CT molecular complexity index is 365. The van der Waals surface area contributed by atoms with Gasteiger partial charge in [0.1, 0.15) is 5.82 Å². The van der Waals surface area contributed by atoms with Crippen LogP contribution in [0.5, 0.6) is 0 Å². The predicted octanol–water partition coefficient (Wildman–Crippen LogP) is 3.24. The van der Waals surface area contributed by atoms with Crippen LogP contribution >= 0.6 is 11.6 Å². The molecule has 0 atom stereocenters. The zero-order valence-corrected chi connectivity index (χ0v) is 11.6. The van der Waals surface area contributed by atoms with Gasteiger partial charge in [-0.25, -0.2) is 0 Å². The van der Waals surface area contributed by atoms with E-state index in [0.29, 0.717) is 5.88 Å². The minimum Gasteiger partial charge on any atom is -0.357 e. The minimum absolute atomic E-state index is 0.561. The van der Waals surface area contributed by atoms with E-state index in [9.17, 15) is 0 Å². The van der Waals surface area contributed by atoms with Crippen LogP contribution in [0.4, 0.5) is 5.82 Å². The first kappa shape index (κ1) is 12.7. The van der Waals surface area contributed by atoms with Crippen molar-refractivity contribution in [2.75, 3.05) is 18.0 Å². The summed E-state index contributed by atoms with van der Waals surface area (Å²) < 4.78 is 1.99. The summed E-state index contributed by atoms with van der Waals surface area (Å²) in [7, 11) is 2.02. The summed E-state index contributed by atoms with van der Waals surface area (Å²) in [4.78, 5) is 2.47. The van der Waals surface area contributed by atoms with Crippen LogP contribution in [0.25, 0.3) is 0 Å². The number of nitrogens with zero attached hydrogens (tertiary/aromatic N) is 3. The molecule has 2 rings (SSSR count). The Balaban J connectivity index is 2.24. The van der Waals surface area contributed by atoms with Crippen LogP contribution in [0.15, 0.2) is 0 Å². The van der Waals surface area contributed by atoms with Gasteiger partial charge in [-0.3, -0.25) is 4.68 Å². The van der Waals surface area contributed by atoms with Crippen molar-refractivity contribution in [2.24, 2.45) is 7.05 Å². The standard InChI is InChI=1S/C13H22ClN3/c1-11-12(10-14)13(16(2)15-11)17-8-6-4-3-5-7-9-17/h3-10H2,1-2H3. The summed E-state index contributed by atoms with van der Waals surface area (Å²) in [6, 6.07) is 0. The van der Waals surface area contributed by atoms with Gasteiger partial charge in [0.2, 0.25) is 0 Å². The van der Waals surface area contributed by atoms with Gasteiger partial charge in [0, 0.05) is 25.7 Å². The zero-order chi connectivity index (χ0) is 12.3. The van der Waals surface area contributed by atoms with Crippen LogP contribution in [0, 0.1) is 6.92 Å². The Morgan fingerprint density at radius 1 is 1.12 bits per heavy atom. The SMILES string of the molecule is Cc1nn(C)c(N2CCCCCCC2)c1CCl. The Morgan fingerprint density at radius 2 is 1.71 bits per heavy atom. The fraction of sp³-hybridized carbons (Fsp3) is 0.769. The molecule has 4 heteroatoms. The number of rotatable bonds is 2. The highest BCUT2D eigenvalue weighted by atomic mass is 35.5. The monoisotopic (exact) mass is 255 g/mol. The maximum atomic E-state index is 6.06. The summed E-state index contributed by atoms with van der Waals surface area (Å²) in [6.07, 6.45) is 6.66. The lowest BCUT2D eigenvalue weighted by atomic mass is 10.1. The van der Waals surface area contributed by atoms with Gasteiger partial charge in [0.15, 0.2) is 0 Å². The van der Waals surface area contributed by atoms with E-state index < -0.39 is 0 Å². The van der Waals surface area contributed by atoms with Crippen LogP contribution in [0.2, 0.25) is 0 Å². The van der Waals surface area contributed by atoms with E-state index in [-0.39, 0.29) is 0 Å². The molecule has 1 fully saturated rings. The smallest absolute Gasteiger partial charge is 0.131 e. The summed E-state index contributed by atoms with van der Waals surface area (Å²) >= 11 is 6.06. The van der Waals surface area contributed by atoms with E-state index in [1.165, 1.54) is 43.5 Å². The van der Waals surface area contributed by atoms with Crippen molar-refractivity contribution < 1.29 is 0 Å². The Hall–Kier alpha value is -0.700. The molecule has 0 unspecified atom stereocenters. The third-order valence-corrected chi connectivity index (χ3v) is 3.87. The van der Waals surface area contributed by atoms with E-state index in [4.69, 9.17) is 11.6 Å². The molecule has 0 N–H and O–H groups in total. The van der Waals surface area contributed by atoms with Crippen LogP contribution < -0.4 is 4.90 Å². The number of halogens is 1. The second-order valence-corrected chi connectivity index (χ2v) is 5.17. The van der Waals surface area contributed by atoms with Gasteiger partial charge in [-0.2, -0.15) is 5.10 Å². The van der Waals surface area contributed by atoms with Gasteiger partial charge < -0.3 is 4.90 Å². The van der Waals surface area contributed by atoms with E-state index in [0.717, 1.165) is 18.8 Å². The average molecular weight is 256 g/mol. The molecule has 1 saturated heterocycles. The number of aryl methyl sites for hydroxylation is 2. The van der Waals surface area contributed by atoms with Gasteiger partial charge >= 0.3 is 0 Å². The number of aromatic nitrogens is 2. The Kier molecular flexibility index (Phi) is 4.32. The summed E-state index contributed by atoms with van der Waals surface area (Å²) in [5, 5.41) is 4.50.